The van der Waals surface area contributed by atoms with Gasteiger partial charge in [0.25, 0.3) is 0 Å². The second-order valence-corrected chi connectivity index (χ2v) is 7.02. The summed E-state index contributed by atoms with van der Waals surface area (Å²) in [5.41, 5.74) is 1.89. The zero-order valence-electron chi connectivity index (χ0n) is 14.5. The molecule has 132 valence electrons. The SMILES string of the molecule is O=C(Nc1ccccc1)[C@H]1CC=C[C@H]2CN(Cc3ccccc3)C(=O)[C@@H]12. The van der Waals surface area contributed by atoms with E-state index in [1.54, 1.807) is 0 Å². The van der Waals surface area contributed by atoms with E-state index < -0.39 is 0 Å². The highest BCUT2D eigenvalue weighted by atomic mass is 16.2. The van der Waals surface area contributed by atoms with Crippen molar-refractivity contribution in [2.75, 3.05) is 11.9 Å². The molecule has 0 unspecified atom stereocenters. The molecule has 0 aromatic heterocycles. The van der Waals surface area contributed by atoms with Gasteiger partial charge in [0.15, 0.2) is 0 Å². The highest BCUT2D eigenvalue weighted by Gasteiger charge is 2.47. The molecular weight excluding hydrogens is 324 g/mol. The molecule has 2 amide bonds. The lowest BCUT2D eigenvalue weighted by Gasteiger charge is -2.26. The summed E-state index contributed by atoms with van der Waals surface area (Å²) in [6.45, 7) is 1.29. The number of anilines is 1. The molecule has 0 radical (unpaired) electrons. The molecule has 2 aromatic carbocycles. The number of rotatable bonds is 4. The van der Waals surface area contributed by atoms with E-state index in [-0.39, 0.29) is 29.6 Å². The van der Waals surface area contributed by atoms with Gasteiger partial charge in [0.05, 0.1) is 11.8 Å². The summed E-state index contributed by atoms with van der Waals surface area (Å²) in [6.07, 6.45) is 4.78. The molecule has 0 spiro atoms. The number of amides is 2. The number of hydrogen-bond donors (Lipinski definition) is 1. The van der Waals surface area contributed by atoms with Crippen LogP contribution in [0.2, 0.25) is 0 Å². The number of para-hydroxylation sites is 1. The normalized spacial score (nSPS) is 24.4. The third-order valence-electron chi connectivity index (χ3n) is 5.29. The molecule has 2 aromatic rings. The van der Waals surface area contributed by atoms with Crippen molar-refractivity contribution >= 4 is 17.5 Å². The van der Waals surface area contributed by atoms with Crippen LogP contribution in [-0.4, -0.2) is 23.3 Å². The summed E-state index contributed by atoms with van der Waals surface area (Å²) in [7, 11) is 0. The Morgan fingerprint density at radius 1 is 1.04 bits per heavy atom. The molecule has 4 nitrogen and oxygen atoms in total. The highest BCUT2D eigenvalue weighted by Crippen LogP contribution is 2.38. The predicted octanol–water partition coefficient (Wildman–Crippen LogP) is 3.48. The molecule has 2 aliphatic rings. The zero-order chi connectivity index (χ0) is 17.9. The number of carbonyl (C=O) groups excluding carboxylic acids is 2. The lowest BCUT2D eigenvalue weighted by molar-refractivity contribution is -0.136. The summed E-state index contributed by atoms with van der Waals surface area (Å²) in [6, 6.07) is 19.4. The number of allylic oxidation sites excluding steroid dienone is 1. The molecule has 1 N–H and O–H groups in total. The Labute approximate surface area is 153 Å². The van der Waals surface area contributed by atoms with Crippen LogP contribution < -0.4 is 5.32 Å². The van der Waals surface area contributed by atoms with Gasteiger partial charge in [-0.05, 0) is 24.1 Å². The average Bonchev–Trinajstić information content (AvgIpc) is 2.99. The van der Waals surface area contributed by atoms with Crippen LogP contribution in [0, 0.1) is 17.8 Å². The minimum atomic E-state index is -0.307. The fourth-order valence-electron chi connectivity index (χ4n) is 4.02. The summed E-state index contributed by atoms with van der Waals surface area (Å²) >= 11 is 0. The number of carbonyl (C=O) groups is 2. The maximum absolute atomic E-state index is 13.0. The predicted molar refractivity (Wildman–Crippen MR) is 101 cm³/mol. The van der Waals surface area contributed by atoms with E-state index in [4.69, 9.17) is 0 Å². The number of fused-ring (bicyclic) bond motifs is 1. The molecule has 4 heteroatoms. The van der Waals surface area contributed by atoms with Crippen molar-refractivity contribution in [3.63, 3.8) is 0 Å². The Kier molecular flexibility index (Phi) is 4.57. The van der Waals surface area contributed by atoms with Crippen molar-refractivity contribution in [1.82, 2.24) is 4.90 Å². The van der Waals surface area contributed by atoms with Crippen LogP contribution in [0.25, 0.3) is 0 Å². The number of hydrogen-bond acceptors (Lipinski definition) is 2. The standard InChI is InChI=1S/C22H22N2O2/c25-21(23-18-11-5-2-6-12-18)19-13-7-10-17-15-24(22(26)20(17)19)14-16-8-3-1-4-9-16/h1-12,17,19-20H,13-15H2,(H,23,25)/t17-,19-,20+/m0/s1. The van der Waals surface area contributed by atoms with Gasteiger partial charge in [-0.25, -0.2) is 0 Å². The third-order valence-corrected chi connectivity index (χ3v) is 5.29. The first-order valence-electron chi connectivity index (χ1n) is 9.07. The molecule has 26 heavy (non-hydrogen) atoms. The molecule has 1 aliphatic heterocycles. The Morgan fingerprint density at radius 2 is 1.73 bits per heavy atom. The van der Waals surface area contributed by atoms with E-state index >= 15 is 0 Å². The Balaban J connectivity index is 1.49. The number of nitrogens with one attached hydrogen (secondary N) is 1. The van der Waals surface area contributed by atoms with Crippen molar-refractivity contribution in [3.8, 4) is 0 Å². The van der Waals surface area contributed by atoms with Crippen LogP contribution >= 0.6 is 0 Å². The number of likely N-dealkylation sites (tertiary alicyclic amines) is 1. The van der Waals surface area contributed by atoms with Gasteiger partial charge in [0.2, 0.25) is 11.8 Å². The van der Waals surface area contributed by atoms with Gasteiger partial charge in [-0.15, -0.1) is 0 Å². The van der Waals surface area contributed by atoms with E-state index in [0.717, 1.165) is 11.3 Å². The van der Waals surface area contributed by atoms with Crippen molar-refractivity contribution in [2.45, 2.75) is 13.0 Å². The van der Waals surface area contributed by atoms with Crippen LogP contribution in [0.5, 0.6) is 0 Å². The Hall–Kier alpha value is -2.88. The lowest BCUT2D eigenvalue weighted by atomic mass is 9.77. The van der Waals surface area contributed by atoms with E-state index in [2.05, 4.69) is 17.5 Å². The quantitative estimate of drug-likeness (QED) is 0.862. The minimum absolute atomic E-state index is 0.0644. The molecular formula is C22H22N2O2. The second-order valence-electron chi connectivity index (χ2n) is 7.02. The van der Waals surface area contributed by atoms with Gasteiger partial charge in [-0.2, -0.15) is 0 Å². The first kappa shape index (κ1) is 16.6. The summed E-state index contributed by atoms with van der Waals surface area (Å²) < 4.78 is 0. The molecule has 4 rings (SSSR count). The third kappa shape index (κ3) is 3.27. The van der Waals surface area contributed by atoms with E-state index in [0.29, 0.717) is 19.5 Å². The van der Waals surface area contributed by atoms with Gasteiger partial charge in [-0.3, -0.25) is 9.59 Å². The monoisotopic (exact) mass is 346 g/mol. The number of benzene rings is 2. The van der Waals surface area contributed by atoms with Crippen LogP contribution in [0.4, 0.5) is 5.69 Å². The molecule has 0 bridgehead atoms. The first-order chi connectivity index (χ1) is 12.7. The van der Waals surface area contributed by atoms with Crippen molar-refractivity contribution in [2.24, 2.45) is 17.8 Å². The summed E-state index contributed by atoms with van der Waals surface area (Å²) in [4.78, 5) is 27.7. The lowest BCUT2D eigenvalue weighted by Crippen LogP contribution is -2.37. The van der Waals surface area contributed by atoms with Gasteiger partial charge in [0.1, 0.15) is 0 Å². The first-order valence-corrected chi connectivity index (χ1v) is 9.07. The molecule has 1 fully saturated rings. The van der Waals surface area contributed by atoms with Crippen LogP contribution in [0.3, 0.4) is 0 Å². The average molecular weight is 346 g/mol. The Morgan fingerprint density at radius 3 is 2.46 bits per heavy atom. The topological polar surface area (TPSA) is 49.4 Å². The molecule has 1 heterocycles. The maximum atomic E-state index is 13.0. The highest BCUT2D eigenvalue weighted by molar-refractivity contribution is 5.97. The summed E-state index contributed by atoms with van der Waals surface area (Å²) in [5.74, 6) is -0.417. The van der Waals surface area contributed by atoms with E-state index in [1.807, 2.05) is 65.6 Å². The van der Waals surface area contributed by atoms with Gasteiger partial charge >= 0.3 is 0 Å². The van der Waals surface area contributed by atoms with E-state index in [9.17, 15) is 9.59 Å². The van der Waals surface area contributed by atoms with Gasteiger partial charge < -0.3 is 10.2 Å². The fraction of sp³-hybridized carbons (Fsp3) is 0.273. The molecule has 1 aliphatic carbocycles. The van der Waals surface area contributed by atoms with Crippen LogP contribution in [0.1, 0.15) is 12.0 Å². The maximum Gasteiger partial charge on any atom is 0.228 e. The largest absolute Gasteiger partial charge is 0.337 e. The molecule has 0 saturated carbocycles. The smallest absolute Gasteiger partial charge is 0.228 e. The molecule has 3 atom stereocenters. The zero-order valence-corrected chi connectivity index (χ0v) is 14.5. The van der Waals surface area contributed by atoms with Gasteiger partial charge in [-0.1, -0.05) is 60.7 Å². The second kappa shape index (κ2) is 7.16. The van der Waals surface area contributed by atoms with Crippen molar-refractivity contribution in [3.05, 3.63) is 78.4 Å². The van der Waals surface area contributed by atoms with Crippen molar-refractivity contribution < 1.29 is 9.59 Å². The summed E-state index contributed by atoms with van der Waals surface area (Å²) in [5, 5.41) is 2.97. The van der Waals surface area contributed by atoms with Crippen LogP contribution in [0.15, 0.2) is 72.8 Å². The fourth-order valence-corrected chi connectivity index (χ4v) is 4.02. The number of nitrogens with zero attached hydrogens (tertiary/aromatic N) is 1. The van der Waals surface area contributed by atoms with Crippen LogP contribution in [-0.2, 0) is 16.1 Å². The van der Waals surface area contributed by atoms with Crippen molar-refractivity contribution in [1.29, 1.82) is 0 Å². The minimum Gasteiger partial charge on any atom is -0.337 e. The Bertz CT molecular complexity index is 817. The van der Waals surface area contributed by atoms with E-state index in [1.165, 1.54) is 0 Å². The van der Waals surface area contributed by atoms with Gasteiger partial charge in [0, 0.05) is 24.7 Å². The molecule has 1 saturated heterocycles.